The van der Waals surface area contributed by atoms with Gasteiger partial charge in [-0.05, 0) is 31.1 Å². The summed E-state index contributed by atoms with van der Waals surface area (Å²) in [7, 11) is 0. The zero-order chi connectivity index (χ0) is 9.84. The Morgan fingerprint density at radius 3 is 2.69 bits per heavy atom. The molecule has 3 atom stereocenters. The molecule has 13 heavy (non-hydrogen) atoms. The van der Waals surface area contributed by atoms with Gasteiger partial charge in [0.1, 0.15) is 0 Å². The van der Waals surface area contributed by atoms with Crippen molar-refractivity contribution in [3.63, 3.8) is 0 Å². The monoisotopic (exact) mass is 202 g/mol. The summed E-state index contributed by atoms with van der Waals surface area (Å²) in [6.45, 7) is 4.27. The van der Waals surface area contributed by atoms with Gasteiger partial charge in [0, 0.05) is 12.2 Å². The van der Waals surface area contributed by atoms with Crippen LogP contribution in [-0.4, -0.2) is 17.8 Å². The Balaban J connectivity index is 2.18. The summed E-state index contributed by atoms with van der Waals surface area (Å²) in [5, 5.41) is 0.505. The highest BCUT2D eigenvalue weighted by molar-refractivity contribution is 7.81. The zero-order valence-electron chi connectivity index (χ0n) is 8.32. The molecule has 0 radical (unpaired) electrons. The Morgan fingerprint density at radius 1 is 1.54 bits per heavy atom. The molecule has 1 aliphatic carbocycles. The first-order chi connectivity index (χ1) is 6.09. The molecule has 3 heteroatoms. The summed E-state index contributed by atoms with van der Waals surface area (Å²) in [5.41, 5.74) is 0. The minimum Gasteiger partial charge on any atom is -0.466 e. The number of thiol groups is 1. The molecule has 0 bridgehead atoms. The van der Waals surface area contributed by atoms with Crippen molar-refractivity contribution in [1.82, 2.24) is 0 Å². The summed E-state index contributed by atoms with van der Waals surface area (Å²) in [6, 6.07) is 0. The van der Waals surface area contributed by atoms with Gasteiger partial charge >= 0.3 is 5.97 Å². The third kappa shape index (κ3) is 3.59. The van der Waals surface area contributed by atoms with Crippen LogP contribution in [0.3, 0.4) is 0 Å². The molecule has 0 heterocycles. The van der Waals surface area contributed by atoms with Gasteiger partial charge in [0.05, 0.1) is 6.61 Å². The lowest BCUT2D eigenvalue weighted by atomic mass is 10.0. The molecule has 0 aliphatic heterocycles. The third-order valence-corrected chi connectivity index (χ3v) is 3.32. The first-order valence-electron chi connectivity index (χ1n) is 4.91. The highest BCUT2D eigenvalue weighted by Gasteiger charge is 2.28. The van der Waals surface area contributed by atoms with Crippen LogP contribution >= 0.6 is 12.6 Å². The second-order valence-corrected chi connectivity index (χ2v) is 4.70. The van der Waals surface area contributed by atoms with Gasteiger partial charge in [-0.15, -0.1) is 0 Å². The SMILES string of the molecule is CC(=O)OCCC1CC(C)CC1S. The van der Waals surface area contributed by atoms with E-state index in [1.807, 2.05) is 0 Å². The van der Waals surface area contributed by atoms with Crippen LogP contribution in [0.15, 0.2) is 0 Å². The number of esters is 1. The second kappa shape index (κ2) is 4.89. The molecule has 0 amide bonds. The van der Waals surface area contributed by atoms with E-state index in [0.717, 1.165) is 12.3 Å². The highest BCUT2D eigenvalue weighted by atomic mass is 32.1. The average Bonchev–Trinajstić information content (AvgIpc) is 2.29. The van der Waals surface area contributed by atoms with Crippen molar-refractivity contribution in [1.29, 1.82) is 0 Å². The summed E-state index contributed by atoms with van der Waals surface area (Å²) < 4.78 is 4.91. The average molecular weight is 202 g/mol. The van der Waals surface area contributed by atoms with Gasteiger partial charge < -0.3 is 4.74 Å². The Labute approximate surface area is 85.4 Å². The maximum absolute atomic E-state index is 10.5. The topological polar surface area (TPSA) is 26.3 Å². The predicted octanol–water partition coefficient (Wildman–Crippen LogP) is 2.28. The maximum atomic E-state index is 10.5. The van der Waals surface area contributed by atoms with Gasteiger partial charge in [-0.1, -0.05) is 6.92 Å². The van der Waals surface area contributed by atoms with Crippen LogP contribution in [0.4, 0.5) is 0 Å². The van der Waals surface area contributed by atoms with E-state index >= 15 is 0 Å². The first-order valence-corrected chi connectivity index (χ1v) is 5.42. The number of hydrogen-bond donors (Lipinski definition) is 1. The Bertz CT molecular complexity index is 182. The Morgan fingerprint density at radius 2 is 2.23 bits per heavy atom. The van der Waals surface area contributed by atoms with Crippen LogP contribution in [0.1, 0.15) is 33.1 Å². The van der Waals surface area contributed by atoms with E-state index in [-0.39, 0.29) is 5.97 Å². The summed E-state index contributed by atoms with van der Waals surface area (Å²) in [4.78, 5) is 10.5. The molecule has 2 nitrogen and oxygen atoms in total. The van der Waals surface area contributed by atoms with Crippen LogP contribution in [0.25, 0.3) is 0 Å². The zero-order valence-corrected chi connectivity index (χ0v) is 9.22. The lowest BCUT2D eigenvalue weighted by Crippen LogP contribution is -2.11. The Hall–Kier alpha value is -0.180. The van der Waals surface area contributed by atoms with Crippen molar-refractivity contribution in [2.24, 2.45) is 11.8 Å². The molecule has 3 unspecified atom stereocenters. The van der Waals surface area contributed by atoms with Crippen molar-refractivity contribution >= 4 is 18.6 Å². The predicted molar refractivity (Wildman–Crippen MR) is 55.9 cm³/mol. The molecule has 1 rings (SSSR count). The van der Waals surface area contributed by atoms with E-state index in [1.54, 1.807) is 0 Å². The maximum Gasteiger partial charge on any atom is 0.302 e. The van der Waals surface area contributed by atoms with E-state index in [1.165, 1.54) is 19.8 Å². The first kappa shape index (κ1) is 10.9. The van der Waals surface area contributed by atoms with E-state index in [0.29, 0.717) is 17.8 Å². The Kier molecular flexibility index (Phi) is 4.10. The van der Waals surface area contributed by atoms with E-state index in [9.17, 15) is 4.79 Å². The van der Waals surface area contributed by atoms with Crippen LogP contribution < -0.4 is 0 Å². The fourth-order valence-electron chi connectivity index (χ4n) is 2.04. The van der Waals surface area contributed by atoms with Crippen molar-refractivity contribution in [2.75, 3.05) is 6.61 Å². The lowest BCUT2D eigenvalue weighted by molar-refractivity contribution is -0.141. The highest BCUT2D eigenvalue weighted by Crippen LogP contribution is 2.36. The van der Waals surface area contributed by atoms with Gasteiger partial charge in [0.25, 0.3) is 0 Å². The van der Waals surface area contributed by atoms with Crippen molar-refractivity contribution in [2.45, 2.75) is 38.4 Å². The standard InChI is InChI=1S/C10H18O2S/c1-7-5-9(10(13)6-7)3-4-12-8(2)11/h7,9-10,13H,3-6H2,1-2H3. The minimum absolute atomic E-state index is 0.179. The smallest absolute Gasteiger partial charge is 0.302 e. The molecular weight excluding hydrogens is 184 g/mol. The van der Waals surface area contributed by atoms with Crippen LogP contribution in [-0.2, 0) is 9.53 Å². The van der Waals surface area contributed by atoms with Crippen molar-refractivity contribution in [3.8, 4) is 0 Å². The fraction of sp³-hybridized carbons (Fsp3) is 0.900. The van der Waals surface area contributed by atoms with Gasteiger partial charge in [-0.25, -0.2) is 0 Å². The molecule has 0 aromatic heterocycles. The molecule has 0 N–H and O–H groups in total. The molecule has 1 fully saturated rings. The van der Waals surface area contributed by atoms with E-state index in [2.05, 4.69) is 19.6 Å². The van der Waals surface area contributed by atoms with Gasteiger partial charge in [-0.3, -0.25) is 4.79 Å². The third-order valence-electron chi connectivity index (χ3n) is 2.69. The number of rotatable bonds is 3. The largest absolute Gasteiger partial charge is 0.466 e. The quantitative estimate of drug-likeness (QED) is 0.561. The van der Waals surface area contributed by atoms with Crippen molar-refractivity contribution < 1.29 is 9.53 Å². The van der Waals surface area contributed by atoms with Gasteiger partial charge in [0.2, 0.25) is 0 Å². The summed E-state index contributed by atoms with van der Waals surface area (Å²) >= 11 is 4.53. The molecule has 1 aliphatic rings. The minimum atomic E-state index is -0.179. The fourth-order valence-corrected chi connectivity index (χ4v) is 2.67. The number of hydrogen-bond acceptors (Lipinski definition) is 3. The number of carbonyl (C=O) groups excluding carboxylic acids is 1. The normalized spacial score (nSPS) is 33.3. The molecule has 0 saturated heterocycles. The molecule has 1 saturated carbocycles. The number of carbonyl (C=O) groups is 1. The lowest BCUT2D eigenvalue weighted by Gasteiger charge is -2.13. The van der Waals surface area contributed by atoms with E-state index < -0.39 is 0 Å². The molecule has 76 valence electrons. The van der Waals surface area contributed by atoms with Crippen LogP contribution in [0.5, 0.6) is 0 Å². The molecule has 0 aromatic rings. The number of ether oxygens (including phenoxy) is 1. The molecule has 0 aromatic carbocycles. The molecule has 0 spiro atoms. The summed E-state index contributed by atoms with van der Waals surface area (Å²) in [5.74, 6) is 1.24. The summed E-state index contributed by atoms with van der Waals surface area (Å²) in [6.07, 6.45) is 3.40. The van der Waals surface area contributed by atoms with Crippen molar-refractivity contribution in [3.05, 3.63) is 0 Å². The second-order valence-electron chi connectivity index (χ2n) is 4.03. The van der Waals surface area contributed by atoms with Crippen LogP contribution in [0, 0.1) is 11.8 Å². The van der Waals surface area contributed by atoms with E-state index in [4.69, 9.17) is 4.74 Å². The van der Waals surface area contributed by atoms with Crippen LogP contribution in [0.2, 0.25) is 0 Å². The van der Waals surface area contributed by atoms with Gasteiger partial charge in [-0.2, -0.15) is 12.6 Å². The van der Waals surface area contributed by atoms with Gasteiger partial charge in [0.15, 0.2) is 0 Å². The molecular formula is C10H18O2S.